The molecule has 0 radical (unpaired) electrons. The van der Waals surface area contributed by atoms with Crippen molar-refractivity contribution in [3.63, 3.8) is 0 Å². The highest BCUT2D eigenvalue weighted by Crippen LogP contribution is 2.09. The van der Waals surface area contributed by atoms with Gasteiger partial charge in [0, 0.05) is 6.54 Å². The van der Waals surface area contributed by atoms with Crippen molar-refractivity contribution >= 4 is 15.9 Å². The standard InChI is InChI=1S/C11H15FN2O3S/c1-2-6-13-11(15)8-14-18(16,17)10-5-3-4-9(12)7-10/h3-5,7,14H,2,6,8H2,1H3,(H,13,15). The molecular formula is C11H15FN2O3S. The van der Waals surface area contributed by atoms with Crippen LogP contribution in [0.5, 0.6) is 0 Å². The zero-order valence-corrected chi connectivity index (χ0v) is 10.8. The Morgan fingerprint density at radius 3 is 2.72 bits per heavy atom. The Hall–Kier alpha value is -1.47. The molecule has 0 saturated carbocycles. The Morgan fingerprint density at radius 1 is 1.39 bits per heavy atom. The zero-order valence-electron chi connectivity index (χ0n) is 9.94. The molecule has 0 spiro atoms. The summed E-state index contributed by atoms with van der Waals surface area (Å²) in [4.78, 5) is 11.0. The summed E-state index contributed by atoms with van der Waals surface area (Å²) in [5.41, 5.74) is 0. The Bertz CT molecular complexity index is 517. The molecule has 5 nitrogen and oxygen atoms in total. The molecule has 0 aliphatic carbocycles. The van der Waals surface area contributed by atoms with E-state index in [2.05, 4.69) is 10.0 Å². The third-order valence-electron chi connectivity index (χ3n) is 2.10. The van der Waals surface area contributed by atoms with Gasteiger partial charge in [-0.1, -0.05) is 13.0 Å². The molecule has 1 rings (SSSR count). The Morgan fingerprint density at radius 2 is 2.11 bits per heavy atom. The summed E-state index contributed by atoms with van der Waals surface area (Å²) in [6.07, 6.45) is 0.766. The fraction of sp³-hybridized carbons (Fsp3) is 0.364. The van der Waals surface area contributed by atoms with Crippen LogP contribution in [0.2, 0.25) is 0 Å². The Kier molecular flexibility index (Phi) is 5.24. The summed E-state index contributed by atoms with van der Waals surface area (Å²) >= 11 is 0. The van der Waals surface area contributed by atoms with Crippen LogP contribution < -0.4 is 10.0 Å². The Labute approximate surface area is 105 Å². The molecule has 100 valence electrons. The van der Waals surface area contributed by atoms with Crippen molar-refractivity contribution in [2.75, 3.05) is 13.1 Å². The molecular weight excluding hydrogens is 259 g/mol. The molecule has 2 N–H and O–H groups in total. The smallest absolute Gasteiger partial charge is 0.241 e. The molecule has 1 aromatic rings. The largest absolute Gasteiger partial charge is 0.355 e. The second-order valence-corrected chi connectivity index (χ2v) is 5.40. The maximum Gasteiger partial charge on any atom is 0.241 e. The lowest BCUT2D eigenvalue weighted by Gasteiger charge is -2.07. The first kappa shape index (κ1) is 14.6. The van der Waals surface area contributed by atoms with E-state index in [1.807, 2.05) is 6.92 Å². The van der Waals surface area contributed by atoms with Gasteiger partial charge in [-0.3, -0.25) is 4.79 Å². The van der Waals surface area contributed by atoms with E-state index in [1.165, 1.54) is 12.1 Å². The van der Waals surface area contributed by atoms with Crippen molar-refractivity contribution in [3.05, 3.63) is 30.1 Å². The van der Waals surface area contributed by atoms with Crippen molar-refractivity contribution in [1.29, 1.82) is 0 Å². The van der Waals surface area contributed by atoms with E-state index in [9.17, 15) is 17.6 Å². The fourth-order valence-corrected chi connectivity index (χ4v) is 2.22. The van der Waals surface area contributed by atoms with Crippen LogP contribution in [0.15, 0.2) is 29.2 Å². The number of carbonyl (C=O) groups is 1. The molecule has 0 bridgehead atoms. The van der Waals surface area contributed by atoms with Gasteiger partial charge in [0.2, 0.25) is 15.9 Å². The van der Waals surface area contributed by atoms with Crippen molar-refractivity contribution in [2.45, 2.75) is 18.2 Å². The van der Waals surface area contributed by atoms with Crippen LogP contribution in [-0.4, -0.2) is 27.4 Å². The van der Waals surface area contributed by atoms with Crippen LogP contribution in [0.1, 0.15) is 13.3 Å². The fourth-order valence-electron chi connectivity index (χ4n) is 1.20. The van der Waals surface area contributed by atoms with E-state index < -0.39 is 21.7 Å². The number of rotatable bonds is 6. The first-order valence-corrected chi connectivity index (χ1v) is 6.96. The van der Waals surface area contributed by atoms with E-state index >= 15 is 0 Å². The number of hydrogen-bond donors (Lipinski definition) is 2. The highest BCUT2D eigenvalue weighted by Gasteiger charge is 2.15. The van der Waals surface area contributed by atoms with E-state index in [4.69, 9.17) is 0 Å². The number of halogens is 1. The highest BCUT2D eigenvalue weighted by atomic mass is 32.2. The van der Waals surface area contributed by atoms with E-state index in [1.54, 1.807) is 0 Å². The Balaban J connectivity index is 2.63. The molecule has 7 heteroatoms. The molecule has 1 aromatic carbocycles. The van der Waals surface area contributed by atoms with Gasteiger partial charge < -0.3 is 5.32 Å². The maximum absolute atomic E-state index is 12.9. The molecule has 0 heterocycles. The van der Waals surface area contributed by atoms with E-state index in [0.717, 1.165) is 18.6 Å². The van der Waals surface area contributed by atoms with Gasteiger partial charge in [0.15, 0.2) is 0 Å². The van der Waals surface area contributed by atoms with Gasteiger partial charge in [-0.05, 0) is 24.6 Å². The molecule has 0 saturated heterocycles. The third-order valence-corrected chi connectivity index (χ3v) is 3.50. The van der Waals surface area contributed by atoms with Gasteiger partial charge >= 0.3 is 0 Å². The van der Waals surface area contributed by atoms with Gasteiger partial charge in [0.25, 0.3) is 0 Å². The minimum absolute atomic E-state index is 0.203. The van der Waals surface area contributed by atoms with Crippen LogP contribution in [0, 0.1) is 5.82 Å². The van der Waals surface area contributed by atoms with Crippen LogP contribution in [-0.2, 0) is 14.8 Å². The molecule has 1 amide bonds. The summed E-state index contributed by atoms with van der Waals surface area (Å²) < 4.78 is 38.4. The SMILES string of the molecule is CCCNC(=O)CNS(=O)(=O)c1cccc(F)c1. The van der Waals surface area contributed by atoms with Gasteiger partial charge in [0.05, 0.1) is 11.4 Å². The normalized spacial score (nSPS) is 11.2. The average molecular weight is 274 g/mol. The van der Waals surface area contributed by atoms with Crippen LogP contribution in [0.25, 0.3) is 0 Å². The van der Waals surface area contributed by atoms with Crippen molar-refractivity contribution < 1.29 is 17.6 Å². The molecule has 0 fully saturated rings. The summed E-state index contributed by atoms with van der Waals surface area (Å²) in [6.45, 7) is 2.01. The predicted octanol–water partition coefficient (Wildman–Crippen LogP) is 0.630. The van der Waals surface area contributed by atoms with Crippen molar-refractivity contribution in [1.82, 2.24) is 10.0 Å². The maximum atomic E-state index is 12.9. The van der Waals surface area contributed by atoms with Gasteiger partial charge in [-0.2, -0.15) is 0 Å². The summed E-state index contributed by atoms with van der Waals surface area (Å²) in [6, 6.07) is 4.59. The van der Waals surface area contributed by atoms with E-state index in [-0.39, 0.29) is 11.4 Å². The molecule has 0 aliphatic heterocycles. The lowest BCUT2D eigenvalue weighted by molar-refractivity contribution is -0.119. The zero-order chi connectivity index (χ0) is 13.6. The lowest BCUT2D eigenvalue weighted by atomic mass is 10.4. The topological polar surface area (TPSA) is 75.3 Å². The van der Waals surface area contributed by atoms with Gasteiger partial charge in [-0.25, -0.2) is 17.5 Å². The minimum Gasteiger partial charge on any atom is -0.355 e. The number of carbonyl (C=O) groups excluding carboxylic acids is 1. The number of amides is 1. The van der Waals surface area contributed by atoms with Crippen LogP contribution in [0.4, 0.5) is 4.39 Å². The van der Waals surface area contributed by atoms with Crippen LogP contribution >= 0.6 is 0 Å². The van der Waals surface area contributed by atoms with Crippen molar-refractivity contribution in [3.8, 4) is 0 Å². The first-order valence-electron chi connectivity index (χ1n) is 5.47. The minimum atomic E-state index is -3.85. The summed E-state index contributed by atoms with van der Waals surface area (Å²) in [5, 5.41) is 2.53. The lowest BCUT2D eigenvalue weighted by Crippen LogP contribution is -2.37. The number of benzene rings is 1. The van der Waals surface area contributed by atoms with Crippen molar-refractivity contribution in [2.24, 2.45) is 0 Å². The molecule has 0 aromatic heterocycles. The number of sulfonamides is 1. The second-order valence-electron chi connectivity index (χ2n) is 3.63. The quantitative estimate of drug-likeness (QED) is 0.799. The monoisotopic (exact) mass is 274 g/mol. The summed E-state index contributed by atoms with van der Waals surface area (Å²) in [5.74, 6) is -1.06. The van der Waals surface area contributed by atoms with E-state index in [0.29, 0.717) is 6.54 Å². The summed E-state index contributed by atoms with van der Waals surface area (Å²) in [7, 11) is -3.85. The second kappa shape index (κ2) is 6.46. The molecule has 0 unspecified atom stereocenters. The molecule has 0 aliphatic rings. The third kappa shape index (κ3) is 4.42. The van der Waals surface area contributed by atoms with Crippen LogP contribution in [0.3, 0.4) is 0 Å². The number of nitrogens with one attached hydrogen (secondary N) is 2. The predicted molar refractivity (Wildman–Crippen MR) is 64.9 cm³/mol. The molecule has 18 heavy (non-hydrogen) atoms. The molecule has 0 atom stereocenters. The average Bonchev–Trinajstić information content (AvgIpc) is 2.34. The van der Waals surface area contributed by atoms with Gasteiger partial charge in [0.1, 0.15) is 5.82 Å². The van der Waals surface area contributed by atoms with Gasteiger partial charge in [-0.15, -0.1) is 0 Å². The number of hydrogen-bond acceptors (Lipinski definition) is 3. The first-order chi connectivity index (χ1) is 8.45. The highest BCUT2D eigenvalue weighted by molar-refractivity contribution is 7.89.